The van der Waals surface area contributed by atoms with Crippen LogP contribution in [0.5, 0.6) is 0 Å². The number of ether oxygens (including phenoxy) is 1. The predicted molar refractivity (Wildman–Crippen MR) is 69.3 cm³/mol. The van der Waals surface area contributed by atoms with Gasteiger partial charge in [0.25, 0.3) is 0 Å². The number of halogens is 2. The Kier molecular flexibility index (Phi) is 4.02. The Labute approximate surface area is 118 Å². The molecule has 2 aromatic rings. The quantitative estimate of drug-likeness (QED) is 0.683. The predicted octanol–water partition coefficient (Wildman–Crippen LogP) is 2.33. The standard InChI is InChI=1S/C14H12F2N2O3/c1-8-4-3-7-18(20)13(8)17-12-9(14(19)21-2)5-6-10(15)11(12)16/h3-7,20H,1-2H3. The lowest BCUT2D eigenvalue weighted by Crippen LogP contribution is -2.21. The minimum atomic E-state index is -1.29. The second-order valence-corrected chi connectivity index (χ2v) is 4.22. The van der Waals surface area contributed by atoms with Crippen molar-refractivity contribution >= 4 is 11.7 Å². The van der Waals surface area contributed by atoms with Crippen LogP contribution in [0.2, 0.25) is 0 Å². The van der Waals surface area contributed by atoms with Crippen LogP contribution in [-0.2, 0) is 4.74 Å². The van der Waals surface area contributed by atoms with E-state index in [1.807, 2.05) is 0 Å². The molecule has 0 bridgehead atoms. The summed E-state index contributed by atoms with van der Waals surface area (Å²) in [6, 6.07) is 5.06. The van der Waals surface area contributed by atoms with Gasteiger partial charge in [0.05, 0.1) is 12.7 Å². The van der Waals surface area contributed by atoms with E-state index in [0.717, 1.165) is 19.2 Å². The minimum absolute atomic E-state index is 0.0212. The van der Waals surface area contributed by atoms with Crippen molar-refractivity contribution in [3.05, 3.63) is 58.7 Å². The average Bonchev–Trinajstić information content (AvgIpc) is 2.46. The molecule has 7 heteroatoms. The molecule has 0 aliphatic rings. The summed E-state index contributed by atoms with van der Waals surface area (Å²) in [4.78, 5) is 15.5. The van der Waals surface area contributed by atoms with E-state index in [-0.39, 0.29) is 11.1 Å². The number of nitrogens with zero attached hydrogens (tertiary/aromatic N) is 2. The second kappa shape index (κ2) is 5.74. The van der Waals surface area contributed by atoms with Crippen molar-refractivity contribution in [1.29, 1.82) is 0 Å². The van der Waals surface area contributed by atoms with Crippen LogP contribution < -0.4 is 5.49 Å². The monoisotopic (exact) mass is 294 g/mol. The lowest BCUT2D eigenvalue weighted by Gasteiger charge is -2.07. The Hall–Kier alpha value is -2.70. The Morgan fingerprint density at radius 1 is 1.33 bits per heavy atom. The van der Waals surface area contributed by atoms with E-state index in [2.05, 4.69) is 9.73 Å². The number of rotatable bonds is 2. The molecule has 21 heavy (non-hydrogen) atoms. The van der Waals surface area contributed by atoms with E-state index in [4.69, 9.17) is 0 Å². The van der Waals surface area contributed by atoms with Gasteiger partial charge in [-0.15, -0.1) is 0 Å². The number of carbonyl (C=O) groups excluding carboxylic acids is 1. The topological polar surface area (TPSA) is 63.8 Å². The van der Waals surface area contributed by atoms with E-state index >= 15 is 0 Å². The molecule has 0 radical (unpaired) electrons. The third-order valence-electron chi connectivity index (χ3n) is 2.84. The summed E-state index contributed by atoms with van der Waals surface area (Å²) in [7, 11) is 1.12. The van der Waals surface area contributed by atoms with Gasteiger partial charge in [-0.3, -0.25) is 0 Å². The smallest absolute Gasteiger partial charge is 0.340 e. The Bertz CT molecular complexity index is 746. The number of aryl methyl sites for hydroxylation is 1. The van der Waals surface area contributed by atoms with Gasteiger partial charge in [-0.25, -0.2) is 18.6 Å². The molecule has 5 nitrogen and oxygen atoms in total. The fraction of sp³-hybridized carbons (Fsp3) is 0.143. The Morgan fingerprint density at radius 3 is 2.67 bits per heavy atom. The third-order valence-corrected chi connectivity index (χ3v) is 2.84. The molecule has 1 aromatic heterocycles. The maximum Gasteiger partial charge on any atom is 0.340 e. The average molecular weight is 294 g/mol. The van der Waals surface area contributed by atoms with Gasteiger partial charge in [-0.1, -0.05) is 6.07 Å². The van der Waals surface area contributed by atoms with E-state index in [1.165, 1.54) is 6.20 Å². The van der Waals surface area contributed by atoms with Crippen molar-refractivity contribution in [3.63, 3.8) is 0 Å². The maximum atomic E-state index is 13.9. The van der Waals surface area contributed by atoms with Crippen LogP contribution in [0.3, 0.4) is 0 Å². The molecule has 0 amide bonds. The van der Waals surface area contributed by atoms with Gasteiger partial charge >= 0.3 is 5.97 Å². The first-order valence-corrected chi connectivity index (χ1v) is 5.94. The van der Waals surface area contributed by atoms with E-state index in [1.54, 1.807) is 19.1 Å². The molecule has 0 fully saturated rings. The normalized spacial score (nSPS) is 11.5. The van der Waals surface area contributed by atoms with Crippen LogP contribution in [0.25, 0.3) is 0 Å². The molecule has 1 heterocycles. The van der Waals surface area contributed by atoms with Crippen LogP contribution in [0.15, 0.2) is 35.5 Å². The summed E-state index contributed by atoms with van der Waals surface area (Å²) in [5, 5.41) is 9.69. The van der Waals surface area contributed by atoms with Crippen LogP contribution in [0, 0.1) is 18.6 Å². The third kappa shape index (κ3) is 2.76. The van der Waals surface area contributed by atoms with Crippen LogP contribution >= 0.6 is 0 Å². The van der Waals surface area contributed by atoms with Gasteiger partial charge in [0.2, 0.25) is 0 Å². The zero-order valence-corrected chi connectivity index (χ0v) is 11.3. The van der Waals surface area contributed by atoms with Gasteiger partial charge in [0, 0.05) is 6.20 Å². The number of hydrogen-bond acceptors (Lipinski definition) is 4. The Balaban J connectivity index is 2.80. The number of benzene rings is 1. The molecule has 1 aromatic carbocycles. The molecular formula is C14H12F2N2O3. The fourth-order valence-corrected chi connectivity index (χ4v) is 1.76. The molecule has 0 saturated carbocycles. The van der Waals surface area contributed by atoms with Gasteiger partial charge < -0.3 is 9.94 Å². The van der Waals surface area contributed by atoms with Crippen LogP contribution in [-0.4, -0.2) is 23.0 Å². The fourth-order valence-electron chi connectivity index (χ4n) is 1.76. The number of esters is 1. The number of hydrogen-bond donors (Lipinski definition) is 1. The molecule has 0 saturated heterocycles. The van der Waals surface area contributed by atoms with Crippen molar-refractivity contribution < 1.29 is 23.5 Å². The van der Waals surface area contributed by atoms with Crippen molar-refractivity contribution in [2.45, 2.75) is 6.92 Å². The van der Waals surface area contributed by atoms with E-state index in [9.17, 15) is 18.8 Å². The highest BCUT2D eigenvalue weighted by molar-refractivity contribution is 5.94. The molecule has 110 valence electrons. The molecule has 0 aliphatic heterocycles. The van der Waals surface area contributed by atoms with Gasteiger partial charge in [0.15, 0.2) is 17.1 Å². The number of carbonyl (C=O) groups is 1. The van der Waals surface area contributed by atoms with E-state index in [0.29, 0.717) is 10.3 Å². The minimum Gasteiger partial charge on any atom is -0.465 e. The highest BCUT2D eigenvalue weighted by Gasteiger charge is 2.19. The summed E-state index contributed by atoms with van der Waals surface area (Å²) < 4.78 is 32.5. The van der Waals surface area contributed by atoms with Crippen LogP contribution in [0.1, 0.15) is 15.9 Å². The molecular weight excluding hydrogens is 282 g/mol. The van der Waals surface area contributed by atoms with Gasteiger partial charge in [-0.2, -0.15) is 4.73 Å². The first kappa shape index (κ1) is 14.7. The molecule has 0 aliphatic carbocycles. The van der Waals surface area contributed by atoms with Crippen molar-refractivity contribution in [2.75, 3.05) is 7.11 Å². The summed E-state index contributed by atoms with van der Waals surface area (Å²) in [6.45, 7) is 1.63. The second-order valence-electron chi connectivity index (χ2n) is 4.22. The summed E-state index contributed by atoms with van der Waals surface area (Å²) in [5.41, 5.74) is -0.273. The number of aromatic nitrogens is 1. The number of methoxy groups -OCH3 is 1. The molecule has 2 rings (SSSR count). The molecule has 1 N–H and O–H groups in total. The van der Waals surface area contributed by atoms with Crippen molar-refractivity contribution in [2.24, 2.45) is 4.99 Å². The molecule has 0 unspecified atom stereocenters. The zero-order valence-electron chi connectivity index (χ0n) is 11.3. The SMILES string of the molecule is COC(=O)c1ccc(F)c(F)c1N=c1c(C)cccn1O. The lowest BCUT2D eigenvalue weighted by molar-refractivity contribution is 0.0601. The van der Waals surface area contributed by atoms with Gasteiger partial charge in [-0.05, 0) is 30.7 Å². The summed E-state index contributed by atoms with van der Waals surface area (Å²) in [6.07, 6.45) is 1.28. The van der Waals surface area contributed by atoms with Crippen LogP contribution in [0.4, 0.5) is 14.5 Å². The van der Waals surface area contributed by atoms with Crippen molar-refractivity contribution in [3.8, 4) is 0 Å². The first-order valence-electron chi connectivity index (χ1n) is 5.94. The first-order chi connectivity index (χ1) is 9.95. The van der Waals surface area contributed by atoms with Crippen molar-refractivity contribution in [1.82, 2.24) is 4.73 Å². The van der Waals surface area contributed by atoms with Gasteiger partial charge in [0.1, 0.15) is 5.69 Å². The maximum absolute atomic E-state index is 13.9. The summed E-state index contributed by atoms with van der Waals surface area (Å²) in [5.74, 6) is -3.30. The lowest BCUT2D eigenvalue weighted by atomic mass is 10.1. The number of pyridine rings is 1. The summed E-state index contributed by atoms with van der Waals surface area (Å²) >= 11 is 0. The largest absolute Gasteiger partial charge is 0.465 e. The molecule has 0 atom stereocenters. The Morgan fingerprint density at radius 2 is 2.05 bits per heavy atom. The highest BCUT2D eigenvalue weighted by atomic mass is 19.2. The zero-order chi connectivity index (χ0) is 15.6. The van der Waals surface area contributed by atoms with E-state index < -0.39 is 23.3 Å². The molecule has 0 spiro atoms. The highest BCUT2D eigenvalue weighted by Crippen LogP contribution is 2.25.